The molecule has 0 spiro atoms. The van der Waals surface area contributed by atoms with Crippen molar-refractivity contribution in [2.45, 2.75) is 24.6 Å². The topological polar surface area (TPSA) is 122 Å². The van der Waals surface area contributed by atoms with Gasteiger partial charge < -0.3 is 21.5 Å². The molecule has 0 saturated carbocycles. The molecule has 0 heterocycles. The molecule has 5 N–H and O–H groups in total. The van der Waals surface area contributed by atoms with E-state index in [0.29, 0.717) is 26.2 Å². The Balaban J connectivity index is 1.80. The van der Waals surface area contributed by atoms with Crippen LogP contribution in [0.4, 0.5) is 0 Å². The number of carbonyl (C=O) groups excluding carboxylic acids is 3. The van der Waals surface area contributed by atoms with Gasteiger partial charge in [-0.15, -0.1) is 0 Å². The number of nitrogens with two attached hydrogens (primary N) is 1. The number of primary amides is 1. The van der Waals surface area contributed by atoms with Gasteiger partial charge in [-0.25, -0.2) is 0 Å². The van der Waals surface area contributed by atoms with E-state index < -0.39 is 35.9 Å². The standard InChI is InChI=1S/C25H23BrClN3O4/c26-19-12-11-18(27)13-17(19)14-20(23(28)32)29-25(34)22(31)21(15-7-3-1-4-8-15)30-24(33)16-9-5-2-6-10-16/h1-13,20-22,31H,14H2,(H2,28,32)(H,29,34)(H,30,33)/t20-,21+,22-/m1/s1. The number of hydrogen-bond acceptors (Lipinski definition) is 4. The lowest BCUT2D eigenvalue weighted by atomic mass is 9.99. The summed E-state index contributed by atoms with van der Waals surface area (Å²) < 4.78 is 0.690. The Bertz CT molecular complexity index is 1160. The summed E-state index contributed by atoms with van der Waals surface area (Å²) in [6, 6.07) is 19.9. The molecule has 0 bridgehead atoms. The lowest BCUT2D eigenvalue weighted by molar-refractivity contribution is -0.134. The number of aliphatic hydroxyl groups is 1. The van der Waals surface area contributed by atoms with Crippen molar-refractivity contribution in [1.29, 1.82) is 0 Å². The minimum Gasteiger partial charge on any atom is -0.381 e. The Morgan fingerprint density at radius 2 is 1.56 bits per heavy atom. The molecule has 3 rings (SSSR count). The number of amides is 3. The molecule has 34 heavy (non-hydrogen) atoms. The Morgan fingerprint density at radius 1 is 0.941 bits per heavy atom. The van der Waals surface area contributed by atoms with Crippen LogP contribution in [-0.4, -0.2) is 35.0 Å². The Labute approximate surface area is 210 Å². The molecule has 0 radical (unpaired) electrons. The summed E-state index contributed by atoms with van der Waals surface area (Å²) in [6.07, 6.45) is -1.64. The molecule has 3 atom stereocenters. The predicted molar refractivity (Wildman–Crippen MR) is 133 cm³/mol. The van der Waals surface area contributed by atoms with Crippen molar-refractivity contribution in [2.24, 2.45) is 5.73 Å². The molecule has 0 fully saturated rings. The van der Waals surface area contributed by atoms with Gasteiger partial charge in [0.15, 0.2) is 6.10 Å². The fourth-order valence-corrected chi connectivity index (χ4v) is 3.97. The van der Waals surface area contributed by atoms with Gasteiger partial charge in [0.1, 0.15) is 6.04 Å². The SMILES string of the molecule is NC(=O)[C@@H](Cc1cc(Cl)ccc1Br)NC(=O)[C@H](O)[C@@H](NC(=O)c1ccccc1)c1ccccc1. The van der Waals surface area contributed by atoms with Gasteiger partial charge in [0, 0.05) is 21.5 Å². The third kappa shape index (κ3) is 6.66. The zero-order valence-electron chi connectivity index (χ0n) is 17.9. The molecule has 0 aromatic heterocycles. The summed E-state index contributed by atoms with van der Waals surface area (Å²) in [7, 11) is 0. The van der Waals surface area contributed by atoms with Crippen molar-refractivity contribution in [2.75, 3.05) is 0 Å². The van der Waals surface area contributed by atoms with Gasteiger partial charge in [-0.05, 0) is 41.5 Å². The average molecular weight is 545 g/mol. The molecule has 176 valence electrons. The zero-order chi connectivity index (χ0) is 24.7. The molecule has 0 saturated heterocycles. The van der Waals surface area contributed by atoms with E-state index in [1.54, 1.807) is 78.9 Å². The van der Waals surface area contributed by atoms with Crippen LogP contribution < -0.4 is 16.4 Å². The van der Waals surface area contributed by atoms with Crippen LogP contribution in [0.1, 0.15) is 27.5 Å². The quantitative estimate of drug-likeness (QED) is 0.331. The Kier molecular flexibility index (Phi) is 8.81. The normalized spacial score (nSPS) is 13.4. The monoisotopic (exact) mass is 543 g/mol. The lowest BCUT2D eigenvalue weighted by Gasteiger charge is -2.26. The van der Waals surface area contributed by atoms with Gasteiger partial charge >= 0.3 is 0 Å². The molecule has 0 aliphatic carbocycles. The van der Waals surface area contributed by atoms with E-state index in [1.807, 2.05) is 0 Å². The maximum atomic E-state index is 13.0. The molecule has 0 unspecified atom stereocenters. The molecule has 7 nitrogen and oxygen atoms in total. The number of hydrogen-bond donors (Lipinski definition) is 4. The van der Waals surface area contributed by atoms with E-state index in [0.717, 1.165) is 0 Å². The van der Waals surface area contributed by atoms with Crippen LogP contribution in [-0.2, 0) is 16.0 Å². The van der Waals surface area contributed by atoms with Crippen molar-refractivity contribution in [3.05, 3.63) is 105 Å². The number of benzene rings is 3. The van der Waals surface area contributed by atoms with Gasteiger partial charge in [-0.1, -0.05) is 76.1 Å². The molecule has 3 aromatic carbocycles. The summed E-state index contributed by atoms with van der Waals surface area (Å²) in [5.74, 6) is -2.10. The first-order chi connectivity index (χ1) is 16.3. The third-order valence-corrected chi connectivity index (χ3v) is 6.17. The summed E-state index contributed by atoms with van der Waals surface area (Å²) in [5.41, 5.74) is 7.06. The van der Waals surface area contributed by atoms with Crippen LogP contribution in [0, 0.1) is 0 Å². The Morgan fingerprint density at radius 3 is 2.18 bits per heavy atom. The Hall–Kier alpha value is -3.20. The van der Waals surface area contributed by atoms with E-state index in [9.17, 15) is 19.5 Å². The molecule has 0 aliphatic heterocycles. The highest BCUT2D eigenvalue weighted by Crippen LogP contribution is 2.23. The van der Waals surface area contributed by atoms with E-state index >= 15 is 0 Å². The maximum Gasteiger partial charge on any atom is 0.252 e. The van der Waals surface area contributed by atoms with Crippen molar-refractivity contribution >= 4 is 45.3 Å². The number of rotatable bonds is 9. The van der Waals surface area contributed by atoms with Gasteiger partial charge in [0.2, 0.25) is 5.91 Å². The first kappa shape index (κ1) is 25.4. The van der Waals surface area contributed by atoms with E-state index in [2.05, 4.69) is 26.6 Å². The summed E-state index contributed by atoms with van der Waals surface area (Å²) >= 11 is 9.43. The fourth-order valence-electron chi connectivity index (χ4n) is 3.37. The average Bonchev–Trinajstić information content (AvgIpc) is 2.84. The second-order valence-electron chi connectivity index (χ2n) is 7.58. The van der Waals surface area contributed by atoms with Gasteiger partial charge in [0.05, 0.1) is 6.04 Å². The van der Waals surface area contributed by atoms with E-state index in [-0.39, 0.29) is 6.42 Å². The number of carbonyl (C=O) groups is 3. The third-order valence-electron chi connectivity index (χ3n) is 5.16. The predicted octanol–water partition coefficient (Wildman–Crippen LogP) is 3.15. The van der Waals surface area contributed by atoms with Gasteiger partial charge in [-0.2, -0.15) is 0 Å². The summed E-state index contributed by atoms with van der Waals surface area (Å²) in [6.45, 7) is 0. The molecular formula is C25H23BrClN3O4. The van der Waals surface area contributed by atoms with Crippen LogP contribution in [0.15, 0.2) is 83.3 Å². The van der Waals surface area contributed by atoms with Crippen molar-refractivity contribution in [3.8, 4) is 0 Å². The van der Waals surface area contributed by atoms with Crippen molar-refractivity contribution < 1.29 is 19.5 Å². The van der Waals surface area contributed by atoms with Crippen LogP contribution in [0.25, 0.3) is 0 Å². The summed E-state index contributed by atoms with van der Waals surface area (Å²) in [4.78, 5) is 37.8. The van der Waals surface area contributed by atoms with Gasteiger partial charge in [-0.3, -0.25) is 14.4 Å². The molecule has 3 amide bonds. The van der Waals surface area contributed by atoms with Crippen molar-refractivity contribution in [3.63, 3.8) is 0 Å². The largest absolute Gasteiger partial charge is 0.381 e. The number of nitrogens with one attached hydrogen (secondary N) is 2. The second-order valence-corrected chi connectivity index (χ2v) is 8.87. The summed E-state index contributed by atoms with van der Waals surface area (Å²) in [5, 5.41) is 16.6. The molecular weight excluding hydrogens is 522 g/mol. The highest BCUT2D eigenvalue weighted by Gasteiger charge is 2.32. The lowest BCUT2D eigenvalue weighted by Crippen LogP contribution is -2.52. The maximum absolute atomic E-state index is 13.0. The van der Waals surface area contributed by atoms with Crippen molar-refractivity contribution in [1.82, 2.24) is 10.6 Å². The zero-order valence-corrected chi connectivity index (χ0v) is 20.3. The van der Waals surface area contributed by atoms with Crippen LogP contribution in [0.5, 0.6) is 0 Å². The van der Waals surface area contributed by atoms with Crippen LogP contribution >= 0.6 is 27.5 Å². The van der Waals surface area contributed by atoms with E-state index in [1.165, 1.54) is 0 Å². The first-order valence-electron chi connectivity index (χ1n) is 10.4. The van der Waals surface area contributed by atoms with Crippen LogP contribution in [0.2, 0.25) is 5.02 Å². The smallest absolute Gasteiger partial charge is 0.252 e. The first-order valence-corrected chi connectivity index (χ1v) is 11.6. The molecule has 0 aliphatic rings. The number of aliphatic hydroxyl groups excluding tert-OH is 1. The minimum atomic E-state index is -1.69. The van der Waals surface area contributed by atoms with Gasteiger partial charge in [0.25, 0.3) is 11.8 Å². The molecule has 9 heteroatoms. The van der Waals surface area contributed by atoms with Crippen LogP contribution in [0.3, 0.4) is 0 Å². The highest BCUT2D eigenvalue weighted by atomic mass is 79.9. The second kappa shape index (κ2) is 11.8. The van der Waals surface area contributed by atoms with E-state index in [4.69, 9.17) is 17.3 Å². The highest BCUT2D eigenvalue weighted by molar-refractivity contribution is 9.10. The fraction of sp³-hybridized carbons (Fsp3) is 0.160. The minimum absolute atomic E-state index is 0.0569. The molecule has 3 aromatic rings. The number of halogens is 2.